The summed E-state index contributed by atoms with van der Waals surface area (Å²) in [6.07, 6.45) is 0. The van der Waals surface area contributed by atoms with Crippen LogP contribution >= 0.6 is 40.4 Å². The highest BCUT2D eigenvalue weighted by atomic mass is 79.9. The average molecular weight is 1570 g/mol. The molecule has 1 heterocycles. The number of isothiocyanates is 1. The molecule has 0 aliphatic heterocycles. The number of nitrogens with one attached hydrogen (secondary N) is 3. The molecule has 0 aliphatic rings. The van der Waals surface area contributed by atoms with Gasteiger partial charge in [-0.25, -0.2) is 5.84 Å². The molecule has 0 unspecified atom stereocenters. The van der Waals surface area contributed by atoms with Gasteiger partial charge in [0, 0.05) is 110 Å². The van der Waals surface area contributed by atoms with Gasteiger partial charge in [0.05, 0.1) is 87.5 Å². The predicted molar refractivity (Wildman–Crippen MR) is 436 cm³/mol. The molecule has 7 rings (SSSR count). The predicted octanol–water partition coefficient (Wildman–Crippen LogP) is 13.0. The van der Waals surface area contributed by atoms with Crippen LogP contribution in [0.2, 0.25) is 0 Å². The van der Waals surface area contributed by atoms with E-state index in [1.54, 1.807) is 44.1 Å². The Morgan fingerprint density at radius 1 is 0.600 bits per heavy atom. The van der Waals surface area contributed by atoms with Crippen molar-refractivity contribution in [2.24, 2.45) is 10.8 Å². The van der Waals surface area contributed by atoms with Gasteiger partial charge in [-0.2, -0.15) is 10.1 Å². The first-order valence-corrected chi connectivity index (χ1v) is 33.6. The number of hydrogen-bond donors (Lipinski definition) is 8. The Bertz CT molecular complexity index is 3840. The number of phenolic OH excluding ortho intramolecular Hbond substituents is 4. The maximum atomic E-state index is 11.2. The van der Waals surface area contributed by atoms with Crippen molar-refractivity contribution in [3.63, 3.8) is 0 Å². The van der Waals surface area contributed by atoms with Crippen molar-refractivity contribution in [3.05, 3.63) is 143 Å². The maximum Gasteiger partial charge on any atom is 0.271 e. The number of hydrogen-bond acceptors (Lipinski definition) is 26. The van der Waals surface area contributed by atoms with Crippen LogP contribution in [0.25, 0.3) is 17.1 Å². The SMILES string of the molecule is C.C.C.CC(C)c1cc(C(=O)NN)c(O)cc1O.CNCCN(C)C.COc1ccc(-n2c(-c3cc(C(C)C)c(O)cc3O)n[nH]c2=S)cc1N(C)CCN(C)C.COc1ccc(N=C=S)cc1N(C)CCN(C)C.COc1ccc([N+](=O)[O-])cc1Br.COc1ccc([N+](=O)[O-])cc1N(C)CCN(C)C. The van der Waals surface area contributed by atoms with Gasteiger partial charge in [-0.05, 0) is 187 Å². The maximum absolute atomic E-state index is 11.2. The lowest BCUT2D eigenvalue weighted by Gasteiger charge is -2.24. The minimum Gasteiger partial charge on any atom is -0.508 e. The summed E-state index contributed by atoms with van der Waals surface area (Å²) in [5.41, 5.74) is 8.11. The number of aliphatic imine (C=N–C) groups is 1. The van der Waals surface area contributed by atoms with Crippen LogP contribution in [0.3, 0.4) is 0 Å². The normalized spacial score (nSPS) is 10.2. The fourth-order valence-electron chi connectivity index (χ4n) is 9.09. The van der Waals surface area contributed by atoms with Gasteiger partial charge < -0.3 is 79.0 Å². The summed E-state index contributed by atoms with van der Waals surface area (Å²) >= 11 is 13.3. The van der Waals surface area contributed by atoms with Crippen molar-refractivity contribution in [2.75, 3.05) is 180 Å². The smallest absolute Gasteiger partial charge is 0.271 e. The monoisotopic (exact) mass is 1570 g/mol. The molecule has 6 aromatic carbocycles. The number of phenols is 4. The van der Waals surface area contributed by atoms with E-state index in [1.807, 2.05) is 131 Å². The lowest BCUT2D eigenvalue weighted by atomic mass is 9.98. The van der Waals surface area contributed by atoms with Crippen molar-refractivity contribution in [2.45, 2.75) is 61.8 Å². The Morgan fingerprint density at radius 2 is 1.01 bits per heavy atom. The zero-order valence-electron chi connectivity index (χ0n) is 62.2. The molecule has 105 heavy (non-hydrogen) atoms. The van der Waals surface area contributed by atoms with Gasteiger partial charge in [-0.3, -0.25) is 40.1 Å². The van der Waals surface area contributed by atoms with Crippen molar-refractivity contribution >= 4 is 85.6 Å². The quantitative estimate of drug-likeness (QED) is 0.00592. The molecule has 1 aromatic heterocycles. The van der Waals surface area contributed by atoms with E-state index in [0.29, 0.717) is 37.7 Å². The van der Waals surface area contributed by atoms with E-state index < -0.39 is 15.8 Å². The van der Waals surface area contributed by atoms with Crippen LogP contribution in [0.1, 0.15) is 83.3 Å². The first-order chi connectivity index (χ1) is 48.0. The molecular weight excluding hydrogens is 1450 g/mol. The summed E-state index contributed by atoms with van der Waals surface area (Å²) in [4.78, 5) is 50.1. The Morgan fingerprint density at radius 3 is 1.41 bits per heavy atom. The standard InChI is InChI=1S/C23H31N5O3S.C13H19N3OS.C12H19N3O3.C10H14N2O3.C7H6BrNO3.C5H14N2.3CH4/c1-14(2)16-12-17(20(30)13-19(16)29)22-24-25-23(32)28(22)15-7-8-21(31-6)18(11-15)27(5)10-9-26(3)4;1-15(2)7-8-16(3)12-9-11(14-10-18)5-6-13(12)17-4;1-13(2)7-8-14(3)11-9-10(15(16)17)5-6-12(11)18-4;1-5(2)6-3-7(10(15)12-11)9(14)4-8(6)13;1-12-7-3-2-5(9(10)11)4-6(7)8;1-6-4-5-7(2)3;;;/h7-8,11-14,29-30H,9-10H2,1-6H3,(H,25,32);2*5-6,9H,7-8H2,1-4H3;3-5,13-14H,11H2,1-2H3,(H,12,15);2-4H,1H3;6H,4-5H2,1-3H3;3*1H4. The van der Waals surface area contributed by atoms with Crippen LogP contribution in [-0.4, -0.2) is 241 Å². The highest BCUT2D eigenvalue weighted by Gasteiger charge is 2.22. The minimum atomic E-state index is -0.589. The van der Waals surface area contributed by atoms with Crippen LogP contribution in [-0.2, 0) is 0 Å². The fourth-order valence-corrected chi connectivity index (χ4v) is 9.96. The molecule has 0 fully saturated rings. The van der Waals surface area contributed by atoms with E-state index >= 15 is 0 Å². The number of anilines is 3. The molecule has 32 heteroatoms. The number of aromatic hydroxyl groups is 4. The number of halogens is 1. The number of nitrogens with two attached hydrogens (primary N) is 1. The second kappa shape index (κ2) is 49.5. The number of amides is 1. The number of methoxy groups -OCH3 is 4. The molecule has 0 atom stereocenters. The van der Waals surface area contributed by atoms with Gasteiger partial charge in [-0.1, -0.05) is 50.0 Å². The molecule has 0 saturated heterocycles. The first-order valence-electron chi connectivity index (χ1n) is 32.0. The summed E-state index contributed by atoms with van der Waals surface area (Å²) < 4.78 is 23.8. The van der Waals surface area contributed by atoms with E-state index in [4.69, 9.17) is 37.0 Å². The third-order valence-corrected chi connectivity index (χ3v) is 16.0. The Hall–Kier alpha value is -9.21. The molecule has 1 amide bonds. The molecule has 7 aromatic rings. The number of rotatable bonds is 27. The summed E-state index contributed by atoms with van der Waals surface area (Å²) in [6.45, 7) is 15.1. The molecular formula is C73H115BrN16O13S2. The number of carbonyl (C=O) groups is 1. The van der Waals surface area contributed by atoms with Gasteiger partial charge >= 0.3 is 0 Å². The van der Waals surface area contributed by atoms with E-state index in [9.17, 15) is 45.4 Å². The number of nitrogens with zero attached hydrogens (tertiary/aromatic N) is 12. The lowest BCUT2D eigenvalue weighted by molar-refractivity contribution is -0.385. The Labute approximate surface area is 640 Å². The van der Waals surface area contributed by atoms with Crippen LogP contribution in [0, 0.1) is 25.0 Å². The summed E-state index contributed by atoms with van der Waals surface area (Å²) in [5, 5.41) is 73.5. The number of aromatic amines is 1. The second-order valence-corrected chi connectivity index (χ2v) is 25.9. The number of nitro benzene ring substituents is 2. The van der Waals surface area contributed by atoms with Crippen molar-refractivity contribution in [1.82, 2.24) is 45.1 Å². The molecule has 0 saturated carbocycles. The van der Waals surface area contributed by atoms with Crippen LogP contribution < -0.4 is 50.2 Å². The van der Waals surface area contributed by atoms with Crippen molar-refractivity contribution in [3.8, 4) is 63.1 Å². The van der Waals surface area contributed by atoms with Gasteiger partial charge in [0.1, 0.15) is 46.0 Å². The zero-order chi connectivity index (χ0) is 77.2. The number of benzene rings is 6. The molecule has 0 radical (unpaired) electrons. The third kappa shape index (κ3) is 32.0. The highest BCUT2D eigenvalue weighted by Crippen LogP contribution is 2.40. The molecule has 29 nitrogen and oxygen atoms in total. The number of thiocarbonyl (C=S) groups is 1. The fraction of sp³-hybridized carbons (Fsp3) is 0.452. The van der Waals surface area contributed by atoms with E-state index in [2.05, 4.69) is 111 Å². The topological polar surface area (TPSA) is 340 Å². The largest absolute Gasteiger partial charge is 0.508 e. The highest BCUT2D eigenvalue weighted by molar-refractivity contribution is 9.10. The summed E-state index contributed by atoms with van der Waals surface area (Å²) in [7, 11) is 30.6. The Balaban J connectivity index is 0. The van der Waals surface area contributed by atoms with Crippen LogP contribution in [0.15, 0.2) is 107 Å². The van der Waals surface area contributed by atoms with Gasteiger partial charge in [0.25, 0.3) is 17.3 Å². The van der Waals surface area contributed by atoms with Crippen LogP contribution in [0.5, 0.6) is 46.0 Å². The summed E-state index contributed by atoms with van der Waals surface area (Å²) in [6, 6.07) is 26.1. The van der Waals surface area contributed by atoms with Gasteiger partial charge in [0.15, 0.2) is 10.6 Å². The molecule has 0 aliphatic carbocycles. The number of carbonyl (C=O) groups excluding carboxylic acids is 1. The van der Waals surface area contributed by atoms with Gasteiger partial charge in [0.2, 0.25) is 0 Å². The number of nitro groups is 2. The third-order valence-electron chi connectivity index (χ3n) is 15.0. The average Bonchev–Trinajstić information content (AvgIpc) is 1.69. The number of non-ortho nitro benzene ring substituents is 2. The zero-order valence-corrected chi connectivity index (χ0v) is 65.4. The summed E-state index contributed by atoms with van der Waals surface area (Å²) in [5.74, 6) is 7.42. The molecule has 9 N–H and O–H groups in total. The number of aromatic nitrogens is 3. The number of nitrogen functional groups attached to an aromatic ring is 1. The van der Waals surface area contributed by atoms with E-state index in [1.165, 1.54) is 43.5 Å². The van der Waals surface area contributed by atoms with Crippen LogP contribution in [0.4, 0.5) is 34.1 Å². The number of ether oxygens (including phenoxy) is 4. The number of H-pyrrole nitrogens is 1. The number of hydrazine groups is 1. The van der Waals surface area contributed by atoms with E-state index in [-0.39, 0.29) is 74.1 Å². The molecule has 0 spiro atoms. The number of likely N-dealkylation sites (N-methyl/N-ethyl adjacent to an activating group) is 8. The lowest BCUT2D eigenvalue weighted by Crippen LogP contribution is -2.30. The molecule has 584 valence electrons. The van der Waals surface area contributed by atoms with Crippen molar-refractivity contribution in [1.29, 1.82) is 0 Å². The second-order valence-electron chi connectivity index (χ2n) is 24.5. The van der Waals surface area contributed by atoms with Gasteiger partial charge in [-0.15, -0.1) is 0 Å². The Kier molecular flexibility index (Phi) is 46.1. The van der Waals surface area contributed by atoms with E-state index in [0.717, 1.165) is 104 Å². The molecule has 0 bridgehead atoms. The minimum absolute atomic E-state index is 0. The first kappa shape index (κ1) is 97.8. The van der Waals surface area contributed by atoms with Crippen molar-refractivity contribution < 1.29 is 54.0 Å².